The van der Waals surface area contributed by atoms with E-state index in [4.69, 9.17) is 4.74 Å². The normalized spacial score (nSPS) is 16.1. The monoisotopic (exact) mass is 462 g/mol. The van der Waals surface area contributed by atoms with Gasteiger partial charge in [-0.3, -0.25) is 4.79 Å². The maximum absolute atomic E-state index is 13.5. The Morgan fingerprint density at radius 2 is 1.64 bits per heavy atom. The van der Waals surface area contributed by atoms with E-state index in [1.807, 2.05) is 42.5 Å². The maximum Gasteiger partial charge on any atom is 0.258 e. The molecule has 0 aliphatic carbocycles. The van der Waals surface area contributed by atoms with Crippen LogP contribution in [0, 0.1) is 0 Å². The summed E-state index contributed by atoms with van der Waals surface area (Å²) in [6, 6.07) is 20.1. The SMILES string of the molecule is COc1cccc2c1N(C(=O)c1cccc(S(=O)(=O)N3CCc4ccccc4C3)c1)CCC2. The molecule has 2 heterocycles. The zero-order valence-electron chi connectivity index (χ0n) is 18.5. The first-order valence-corrected chi connectivity index (χ1v) is 12.6. The number of amides is 1. The van der Waals surface area contributed by atoms with E-state index >= 15 is 0 Å². The van der Waals surface area contributed by atoms with Crippen molar-refractivity contribution in [3.05, 3.63) is 89.0 Å². The number of ether oxygens (including phenoxy) is 1. The third-order valence-corrected chi connectivity index (χ3v) is 8.30. The van der Waals surface area contributed by atoms with Gasteiger partial charge in [0.15, 0.2) is 0 Å². The van der Waals surface area contributed by atoms with Crippen molar-refractivity contribution in [3.63, 3.8) is 0 Å². The van der Waals surface area contributed by atoms with Gasteiger partial charge in [0.05, 0.1) is 17.7 Å². The lowest BCUT2D eigenvalue weighted by Crippen LogP contribution is -2.37. The minimum Gasteiger partial charge on any atom is -0.495 e. The standard InChI is InChI=1S/C26H26N2O4S/c1-32-24-13-5-9-20-11-6-15-28(25(20)24)26(29)21-10-4-12-23(17-21)33(30,31)27-16-14-19-7-2-3-8-22(19)18-27/h2-5,7-10,12-13,17H,6,11,14-16,18H2,1H3. The quantitative estimate of drug-likeness (QED) is 0.587. The van der Waals surface area contributed by atoms with Crippen LogP contribution in [0.15, 0.2) is 71.6 Å². The van der Waals surface area contributed by atoms with Gasteiger partial charge in [-0.25, -0.2) is 8.42 Å². The van der Waals surface area contributed by atoms with E-state index in [-0.39, 0.29) is 10.8 Å². The molecule has 2 aliphatic heterocycles. The molecule has 6 nitrogen and oxygen atoms in total. The molecule has 33 heavy (non-hydrogen) atoms. The van der Waals surface area contributed by atoms with Crippen LogP contribution < -0.4 is 9.64 Å². The fourth-order valence-corrected chi connectivity index (χ4v) is 6.22. The number of fused-ring (bicyclic) bond motifs is 2. The van der Waals surface area contributed by atoms with Crippen molar-refractivity contribution in [2.24, 2.45) is 0 Å². The number of anilines is 1. The summed E-state index contributed by atoms with van der Waals surface area (Å²) >= 11 is 0. The molecule has 0 atom stereocenters. The minimum absolute atomic E-state index is 0.144. The highest BCUT2D eigenvalue weighted by molar-refractivity contribution is 7.89. The third kappa shape index (κ3) is 3.92. The van der Waals surface area contributed by atoms with Gasteiger partial charge in [-0.05, 0) is 60.2 Å². The Bertz CT molecular complexity index is 1310. The zero-order valence-corrected chi connectivity index (χ0v) is 19.3. The maximum atomic E-state index is 13.5. The fourth-order valence-electron chi connectivity index (χ4n) is 4.75. The number of hydrogen-bond acceptors (Lipinski definition) is 4. The van der Waals surface area contributed by atoms with Crippen molar-refractivity contribution in [3.8, 4) is 5.75 Å². The van der Waals surface area contributed by atoms with E-state index in [0.29, 0.717) is 37.4 Å². The summed E-state index contributed by atoms with van der Waals surface area (Å²) in [5.74, 6) is 0.429. The van der Waals surface area contributed by atoms with Crippen LogP contribution in [-0.4, -0.2) is 38.8 Å². The molecule has 0 spiro atoms. The Morgan fingerprint density at radius 3 is 2.45 bits per heavy atom. The average Bonchev–Trinajstić information content (AvgIpc) is 2.87. The van der Waals surface area contributed by atoms with Crippen molar-refractivity contribution < 1.29 is 17.9 Å². The molecule has 0 radical (unpaired) electrons. The van der Waals surface area contributed by atoms with E-state index in [1.54, 1.807) is 30.2 Å². The molecule has 7 heteroatoms. The molecule has 2 aliphatic rings. The van der Waals surface area contributed by atoms with Crippen molar-refractivity contribution in [2.45, 2.75) is 30.7 Å². The lowest BCUT2D eigenvalue weighted by molar-refractivity contribution is 0.0984. The molecule has 0 N–H and O–H groups in total. The summed E-state index contributed by atoms with van der Waals surface area (Å²) in [4.78, 5) is 15.4. The van der Waals surface area contributed by atoms with Crippen LogP contribution in [0.3, 0.4) is 0 Å². The molecule has 0 fully saturated rings. The average molecular weight is 463 g/mol. The molecule has 0 aromatic heterocycles. The summed E-state index contributed by atoms with van der Waals surface area (Å²) in [6.45, 7) is 1.33. The van der Waals surface area contributed by atoms with Crippen LogP contribution in [-0.2, 0) is 29.4 Å². The van der Waals surface area contributed by atoms with E-state index in [1.165, 1.54) is 15.9 Å². The number of para-hydroxylation sites is 1. The molecular weight excluding hydrogens is 436 g/mol. The van der Waals surface area contributed by atoms with Gasteiger partial charge < -0.3 is 9.64 Å². The summed E-state index contributed by atoms with van der Waals surface area (Å²) in [5, 5.41) is 0. The van der Waals surface area contributed by atoms with Gasteiger partial charge in [0.2, 0.25) is 10.0 Å². The Hall–Kier alpha value is -3.16. The smallest absolute Gasteiger partial charge is 0.258 e. The predicted molar refractivity (Wildman–Crippen MR) is 127 cm³/mol. The van der Waals surface area contributed by atoms with E-state index in [9.17, 15) is 13.2 Å². The Balaban J connectivity index is 1.46. The first kappa shape index (κ1) is 21.7. The van der Waals surface area contributed by atoms with Gasteiger partial charge in [-0.1, -0.05) is 42.5 Å². The molecule has 0 saturated carbocycles. The van der Waals surface area contributed by atoms with E-state index < -0.39 is 10.0 Å². The number of carbonyl (C=O) groups excluding carboxylic acids is 1. The molecule has 0 bridgehead atoms. The van der Waals surface area contributed by atoms with Gasteiger partial charge >= 0.3 is 0 Å². The number of benzene rings is 3. The summed E-state index contributed by atoms with van der Waals surface area (Å²) in [6.07, 6.45) is 2.40. The number of carbonyl (C=O) groups is 1. The number of aryl methyl sites for hydroxylation is 1. The summed E-state index contributed by atoms with van der Waals surface area (Å²) in [5.41, 5.74) is 4.40. The molecule has 5 rings (SSSR count). The van der Waals surface area contributed by atoms with Crippen LogP contribution >= 0.6 is 0 Å². The largest absolute Gasteiger partial charge is 0.495 e. The summed E-state index contributed by atoms with van der Waals surface area (Å²) in [7, 11) is -2.13. The molecule has 170 valence electrons. The second-order valence-electron chi connectivity index (χ2n) is 8.41. The number of rotatable bonds is 4. The molecule has 0 unspecified atom stereocenters. The van der Waals surface area contributed by atoms with Crippen molar-refractivity contribution in [2.75, 3.05) is 25.1 Å². The first-order chi connectivity index (χ1) is 16.0. The predicted octanol–water partition coefficient (Wildman–Crippen LogP) is 4.04. The van der Waals surface area contributed by atoms with Crippen molar-refractivity contribution in [1.82, 2.24) is 4.31 Å². The van der Waals surface area contributed by atoms with Crippen molar-refractivity contribution in [1.29, 1.82) is 0 Å². The third-order valence-electron chi connectivity index (χ3n) is 6.46. The highest BCUT2D eigenvalue weighted by atomic mass is 32.2. The van der Waals surface area contributed by atoms with Crippen molar-refractivity contribution >= 4 is 21.6 Å². The van der Waals surface area contributed by atoms with Gasteiger partial charge in [0.25, 0.3) is 5.91 Å². The van der Waals surface area contributed by atoms with Crippen LogP contribution in [0.4, 0.5) is 5.69 Å². The van der Waals surface area contributed by atoms with E-state index in [2.05, 4.69) is 0 Å². The fraction of sp³-hybridized carbons (Fsp3) is 0.269. The second kappa shape index (κ2) is 8.65. The molecule has 3 aromatic rings. The lowest BCUT2D eigenvalue weighted by Gasteiger charge is -2.31. The summed E-state index contributed by atoms with van der Waals surface area (Å²) < 4.78 is 33.9. The minimum atomic E-state index is -3.73. The molecule has 0 saturated heterocycles. The van der Waals surface area contributed by atoms with Gasteiger partial charge in [0, 0.05) is 25.2 Å². The number of methoxy groups -OCH3 is 1. The molecule has 3 aromatic carbocycles. The van der Waals surface area contributed by atoms with Crippen LogP contribution in [0.5, 0.6) is 5.75 Å². The number of sulfonamides is 1. The number of hydrogen-bond donors (Lipinski definition) is 0. The second-order valence-corrected chi connectivity index (χ2v) is 10.4. The highest BCUT2D eigenvalue weighted by Gasteiger charge is 2.30. The Kier molecular flexibility index (Phi) is 5.68. The molecular formula is C26H26N2O4S. The Labute approximate surface area is 194 Å². The van der Waals surface area contributed by atoms with Crippen LogP contribution in [0.2, 0.25) is 0 Å². The van der Waals surface area contributed by atoms with Gasteiger partial charge in [-0.15, -0.1) is 0 Å². The van der Waals surface area contributed by atoms with E-state index in [0.717, 1.165) is 29.7 Å². The highest BCUT2D eigenvalue weighted by Crippen LogP contribution is 2.37. The Morgan fingerprint density at radius 1 is 0.879 bits per heavy atom. The molecule has 1 amide bonds. The van der Waals surface area contributed by atoms with Crippen LogP contribution in [0.25, 0.3) is 0 Å². The zero-order chi connectivity index (χ0) is 23.0. The number of nitrogens with zero attached hydrogens (tertiary/aromatic N) is 2. The van der Waals surface area contributed by atoms with Gasteiger partial charge in [0.1, 0.15) is 5.75 Å². The topological polar surface area (TPSA) is 66.9 Å². The first-order valence-electron chi connectivity index (χ1n) is 11.1. The van der Waals surface area contributed by atoms with Gasteiger partial charge in [-0.2, -0.15) is 4.31 Å². The van der Waals surface area contributed by atoms with Crippen LogP contribution in [0.1, 0.15) is 33.5 Å². The lowest BCUT2D eigenvalue weighted by atomic mass is 10.00.